The fraction of sp³-hybridized carbons (Fsp3) is 0.343. The van der Waals surface area contributed by atoms with E-state index in [1.165, 1.54) is 7.11 Å². The number of carbonyl (C=O) groups is 2. The number of aliphatic carboxylic acids is 1. The summed E-state index contributed by atoms with van der Waals surface area (Å²) < 4.78 is 5.11. The number of nitrogens with zero attached hydrogens (tertiary/aromatic N) is 4. The van der Waals surface area contributed by atoms with Gasteiger partial charge in [-0.05, 0) is 73.3 Å². The van der Waals surface area contributed by atoms with E-state index in [9.17, 15) is 19.8 Å². The molecule has 226 valence electrons. The molecule has 8 bridgehead atoms. The van der Waals surface area contributed by atoms with Gasteiger partial charge in [0.15, 0.2) is 0 Å². The average Bonchev–Trinajstić information content (AvgIpc) is 3.72. The van der Waals surface area contributed by atoms with Gasteiger partial charge in [0.2, 0.25) is 0 Å². The third-order valence-electron chi connectivity index (χ3n) is 9.41. The van der Waals surface area contributed by atoms with Crippen LogP contribution in [0.4, 0.5) is 0 Å². The number of allylic oxidation sites excluding steroid dienone is 7. The number of hydrogen-bond acceptors (Lipinski definition) is 7. The van der Waals surface area contributed by atoms with E-state index < -0.39 is 17.9 Å². The Kier molecular flexibility index (Phi) is 8.67. The fourth-order valence-electron chi connectivity index (χ4n) is 6.93. The van der Waals surface area contributed by atoms with Gasteiger partial charge in [0.05, 0.1) is 35.8 Å². The van der Waals surface area contributed by atoms with Gasteiger partial charge in [-0.3, -0.25) is 14.6 Å². The third kappa shape index (κ3) is 5.04. The van der Waals surface area contributed by atoms with Crippen molar-refractivity contribution in [3.63, 3.8) is 0 Å². The van der Waals surface area contributed by atoms with Crippen molar-refractivity contribution in [2.45, 2.75) is 53.9 Å². The van der Waals surface area contributed by atoms with E-state index in [1.54, 1.807) is 6.08 Å². The molecule has 3 atom stereocenters. The maximum atomic E-state index is 14.0. The molecule has 0 aromatic carbocycles. The SMILES string of the molecule is C=CC1=C(C)C2=NC1=CC1=NC(=Cc3[n-]c4c(c3C)=C([O-])[C@H](C(=O)OC)C=4C3=NC(=C2)[C@@H](C)[C@@H]3CCC(=O)O)C(CC)=C1C.[Mg+2]. The number of carboxylic acids is 1. The molecule has 0 radical (unpaired) electrons. The van der Waals surface area contributed by atoms with Crippen LogP contribution in [0.25, 0.3) is 17.4 Å². The van der Waals surface area contributed by atoms with E-state index >= 15 is 0 Å². The molecule has 5 aliphatic rings. The zero-order valence-corrected chi connectivity index (χ0v) is 27.9. The largest absolute Gasteiger partial charge is 2.00 e. The first kappa shape index (κ1) is 32.4. The number of fused-ring (bicyclic) bond motifs is 5. The molecular formula is C35H34MgN4O5. The van der Waals surface area contributed by atoms with Crippen LogP contribution < -0.4 is 20.7 Å². The summed E-state index contributed by atoms with van der Waals surface area (Å²) in [7, 11) is 1.25. The number of aliphatic imine (C=N–C) groups is 3. The van der Waals surface area contributed by atoms with Crippen molar-refractivity contribution in [1.82, 2.24) is 4.98 Å². The van der Waals surface area contributed by atoms with Gasteiger partial charge < -0.3 is 19.9 Å². The number of ether oxygens (including phenoxy) is 1. The molecule has 9 nitrogen and oxygen atoms in total. The zero-order chi connectivity index (χ0) is 31.6. The van der Waals surface area contributed by atoms with Crippen LogP contribution >= 0.6 is 0 Å². The number of carbonyl (C=O) groups excluding carboxylic acids is 1. The molecule has 4 aliphatic heterocycles. The van der Waals surface area contributed by atoms with Crippen molar-refractivity contribution in [1.29, 1.82) is 0 Å². The molecule has 0 amide bonds. The molecule has 5 heterocycles. The van der Waals surface area contributed by atoms with Crippen molar-refractivity contribution in [2.24, 2.45) is 32.7 Å². The summed E-state index contributed by atoms with van der Waals surface area (Å²) in [6.07, 6.45) is 8.51. The monoisotopic (exact) mass is 614 g/mol. The topological polar surface area (TPSA) is 138 Å². The third-order valence-corrected chi connectivity index (χ3v) is 9.41. The van der Waals surface area contributed by atoms with Crippen LogP contribution in [-0.2, 0) is 14.3 Å². The summed E-state index contributed by atoms with van der Waals surface area (Å²) in [5.41, 5.74) is 9.82. The second kappa shape index (κ2) is 12.1. The van der Waals surface area contributed by atoms with Gasteiger partial charge in [0.1, 0.15) is 0 Å². The quantitative estimate of drug-likeness (QED) is 0.386. The Bertz CT molecular complexity index is 1960. The van der Waals surface area contributed by atoms with Crippen molar-refractivity contribution < 1.29 is 24.5 Å². The standard InChI is InChI=1S/C35H36N4O5.Mg/c1-8-19-15(3)22-12-24-17(5)21(10-11-28(40)41)32(38-24)30-31(35(43)44-7)34(42)29-18(6)25(39-33(29)30)14-27-20(9-2)16(4)23(37-27)13-26(19)36-22;/h8,12-14,17,21,31H,1,9-11H2,2-7H3,(H3,36,37,38,39,40,41,42);/q;+2/p-2/t17-,21-,31+;/m0./s1. The first-order chi connectivity index (χ1) is 21.0. The average molecular weight is 615 g/mol. The van der Waals surface area contributed by atoms with E-state index in [2.05, 4.69) is 13.5 Å². The molecule has 0 unspecified atom stereocenters. The fourth-order valence-corrected chi connectivity index (χ4v) is 6.93. The Morgan fingerprint density at radius 2 is 1.78 bits per heavy atom. The number of esters is 1. The van der Waals surface area contributed by atoms with Crippen molar-refractivity contribution in [2.75, 3.05) is 7.11 Å². The van der Waals surface area contributed by atoms with E-state index in [0.717, 1.165) is 51.5 Å². The molecule has 1 aromatic heterocycles. The smallest absolute Gasteiger partial charge is 0.874 e. The van der Waals surface area contributed by atoms with E-state index in [-0.39, 0.29) is 53.5 Å². The van der Waals surface area contributed by atoms with Crippen molar-refractivity contribution in [3.05, 3.63) is 86.0 Å². The molecule has 6 rings (SSSR count). The van der Waals surface area contributed by atoms with Crippen LogP contribution in [0.1, 0.15) is 58.2 Å². The maximum Gasteiger partial charge on any atom is 2.00 e. The summed E-state index contributed by atoms with van der Waals surface area (Å²) >= 11 is 0. The van der Waals surface area contributed by atoms with Gasteiger partial charge in [-0.15, -0.1) is 16.8 Å². The van der Waals surface area contributed by atoms with Gasteiger partial charge in [0, 0.05) is 35.2 Å². The Morgan fingerprint density at radius 1 is 1.09 bits per heavy atom. The minimum atomic E-state index is -1.23. The number of hydrogen-bond donors (Lipinski definition) is 1. The molecule has 1 aliphatic carbocycles. The number of rotatable bonds is 6. The normalized spacial score (nSPS) is 23.3. The van der Waals surface area contributed by atoms with Crippen LogP contribution in [-0.4, -0.2) is 64.3 Å². The van der Waals surface area contributed by atoms with Crippen molar-refractivity contribution in [3.8, 4) is 0 Å². The number of methoxy groups -OCH3 is 1. The van der Waals surface area contributed by atoms with Gasteiger partial charge in [-0.2, -0.15) is 0 Å². The summed E-state index contributed by atoms with van der Waals surface area (Å²) in [6, 6.07) is 0. The van der Waals surface area contributed by atoms with E-state index in [1.807, 2.05) is 45.9 Å². The Hall–Kier alpha value is -4.02. The van der Waals surface area contributed by atoms with Crippen LogP contribution in [0.2, 0.25) is 0 Å². The summed E-state index contributed by atoms with van der Waals surface area (Å²) in [5.74, 6) is -3.82. The molecule has 0 spiro atoms. The Labute approximate surface area is 277 Å². The van der Waals surface area contributed by atoms with Gasteiger partial charge in [0.25, 0.3) is 0 Å². The van der Waals surface area contributed by atoms with Gasteiger partial charge in [-0.25, -0.2) is 9.98 Å². The summed E-state index contributed by atoms with van der Waals surface area (Å²) in [5, 5.41) is 24.3. The summed E-state index contributed by atoms with van der Waals surface area (Å²) in [6.45, 7) is 14.0. The minimum absolute atomic E-state index is 0. The number of aromatic nitrogens is 1. The van der Waals surface area contributed by atoms with Crippen LogP contribution in [0.15, 0.2) is 79.2 Å². The molecule has 0 fully saturated rings. The molecule has 1 aromatic rings. The summed E-state index contributed by atoms with van der Waals surface area (Å²) in [4.78, 5) is 44.8. The maximum absolute atomic E-state index is 14.0. The molecule has 45 heavy (non-hydrogen) atoms. The van der Waals surface area contributed by atoms with Crippen LogP contribution in [0.5, 0.6) is 0 Å². The van der Waals surface area contributed by atoms with E-state index in [0.29, 0.717) is 38.8 Å². The van der Waals surface area contributed by atoms with Crippen LogP contribution in [0, 0.1) is 24.7 Å². The molecular weight excluding hydrogens is 581 g/mol. The van der Waals surface area contributed by atoms with Gasteiger partial charge >= 0.3 is 35.0 Å². The van der Waals surface area contributed by atoms with Crippen molar-refractivity contribution >= 4 is 69.5 Å². The molecule has 1 N–H and O–H groups in total. The van der Waals surface area contributed by atoms with Crippen LogP contribution in [0.3, 0.4) is 0 Å². The zero-order valence-electron chi connectivity index (χ0n) is 26.4. The Balaban J connectivity index is 0.00000400. The minimum Gasteiger partial charge on any atom is -0.874 e. The molecule has 0 saturated heterocycles. The number of carboxylic acid groups (broad SMARTS) is 1. The predicted molar refractivity (Wildman–Crippen MR) is 174 cm³/mol. The first-order valence-corrected chi connectivity index (χ1v) is 14.8. The first-order valence-electron chi connectivity index (χ1n) is 14.8. The molecule has 10 heteroatoms. The predicted octanol–water partition coefficient (Wildman–Crippen LogP) is 2.83. The second-order valence-corrected chi connectivity index (χ2v) is 11.7. The Morgan fingerprint density at radius 3 is 2.42 bits per heavy atom. The second-order valence-electron chi connectivity index (χ2n) is 11.7. The van der Waals surface area contributed by atoms with E-state index in [4.69, 9.17) is 24.7 Å². The van der Waals surface area contributed by atoms with Gasteiger partial charge in [-0.1, -0.05) is 38.1 Å². The molecule has 0 saturated carbocycles.